The minimum atomic E-state index is 0.107. The van der Waals surface area contributed by atoms with Crippen molar-refractivity contribution < 1.29 is 5.11 Å². The Balaban J connectivity index is 1.73. The molecule has 106 valence electrons. The van der Waals surface area contributed by atoms with Crippen LogP contribution in [0.2, 0.25) is 5.02 Å². The van der Waals surface area contributed by atoms with Gasteiger partial charge in [-0.1, -0.05) is 23.7 Å². The summed E-state index contributed by atoms with van der Waals surface area (Å²) in [7, 11) is 0. The molecule has 1 aromatic heterocycles. The molecule has 1 heterocycles. The first-order valence-corrected chi connectivity index (χ1v) is 7.05. The van der Waals surface area contributed by atoms with Crippen LogP contribution in [0.3, 0.4) is 0 Å². The number of benzene rings is 2. The number of aromatic nitrogens is 1. The molecule has 0 amide bonds. The summed E-state index contributed by atoms with van der Waals surface area (Å²) in [5.74, 6) is 0.107. The summed E-state index contributed by atoms with van der Waals surface area (Å²) in [6.45, 7) is 0.648. The second-order valence-electron chi connectivity index (χ2n) is 4.78. The van der Waals surface area contributed by atoms with Crippen molar-refractivity contribution in [3.8, 4) is 11.4 Å². The van der Waals surface area contributed by atoms with Crippen LogP contribution in [0.15, 0.2) is 67.0 Å². The van der Waals surface area contributed by atoms with Crippen LogP contribution in [0.1, 0.15) is 5.56 Å². The van der Waals surface area contributed by atoms with Crippen molar-refractivity contribution in [2.24, 2.45) is 0 Å². The van der Waals surface area contributed by atoms with Crippen molar-refractivity contribution >= 4 is 17.3 Å². The molecule has 2 N–H and O–H groups in total. The van der Waals surface area contributed by atoms with E-state index in [4.69, 9.17) is 11.6 Å². The summed E-state index contributed by atoms with van der Waals surface area (Å²) in [6, 6.07) is 17.4. The number of rotatable bonds is 4. The third-order valence-corrected chi connectivity index (χ3v) is 3.56. The third-order valence-electron chi connectivity index (χ3n) is 3.26. The second kappa shape index (κ2) is 5.94. The van der Waals surface area contributed by atoms with Crippen LogP contribution >= 0.6 is 11.6 Å². The molecule has 21 heavy (non-hydrogen) atoms. The van der Waals surface area contributed by atoms with E-state index < -0.39 is 0 Å². The van der Waals surface area contributed by atoms with E-state index in [1.165, 1.54) is 0 Å². The van der Waals surface area contributed by atoms with Crippen molar-refractivity contribution in [1.82, 2.24) is 4.57 Å². The first kappa shape index (κ1) is 13.6. The standard InChI is InChI=1S/C17H15ClN2O/c18-16-10-13(6-7-17(16)21)12-19-14-4-3-5-15(11-14)20-8-1-2-9-20/h1-11,19,21H,12H2. The van der Waals surface area contributed by atoms with E-state index in [2.05, 4.69) is 22.0 Å². The fourth-order valence-electron chi connectivity index (χ4n) is 2.15. The number of phenolic OH excluding ortho intramolecular Hbond substituents is 1. The molecule has 3 nitrogen and oxygen atoms in total. The van der Waals surface area contributed by atoms with Gasteiger partial charge in [-0.15, -0.1) is 0 Å². The van der Waals surface area contributed by atoms with Crippen LogP contribution in [-0.4, -0.2) is 9.67 Å². The van der Waals surface area contributed by atoms with Gasteiger partial charge in [0, 0.05) is 30.3 Å². The summed E-state index contributed by atoms with van der Waals surface area (Å²) in [5.41, 5.74) is 3.16. The zero-order valence-electron chi connectivity index (χ0n) is 11.3. The predicted octanol–water partition coefficient (Wildman–Crippen LogP) is 4.45. The molecule has 0 atom stereocenters. The molecule has 0 aliphatic carbocycles. The van der Waals surface area contributed by atoms with Crippen LogP contribution in [0.25, 0.3) is 5.69 Å². The number of hydrogen-bond acceptors (Lipinski definition) is 2. The number of nitrogens with zero attached hydrogens (tertiary/aromatic N) is 1. The maximum Gasteiger partial charge on any atom is 0.134 e. The van der Waals surface area contributed by atoms with E-state index in [1.807, 2.05) is 42.7 Å². The van der Waals surface area contributed by atoms with Gasteiger partial charge in [0.2, 0.25) is 0 Å². The Morgan fingerprint density at radius 3 is 2.57 bits per heavy atom. The number of anilines is 1. The SMILES string of the molecule is Oc1ccc(CNc2cccc(-n3cccc3)c2)cc1Cl. The Bertz CT molecular complexity index is 738. The lowest BCUT2D eigenvalue weighted by Gasteiger charge is -2.10. The van der Waals surface area contributed by atoms with Gasteiger partial charge in [-0.3, -0.25) is 0 Å². The summed E-state index contributed by atoms with van der Waals surface area (Å²) >= 11 is 5.91. The average molecular weight is 299 g/mol. The van der Waals surface area contributed by atoms with Gasteiger partial charge in [0.25, 0.3) is 0 Å². The number of aromatic hydroxyl groups is 1. The Morgan fingerprint density at radius 1 is 1.00 bits per heavy atom. The number of halogens is 1. The topological polar surface area (TPSA) is 37.2 Å². The number of phenols is 1. The summed E-state index contributed by atoms with van der Waals surface area (Å²) in [6.07, 6.45) is 4.03. The van der Waals surface area contributed by atoms with Crippen LogP contribution in [0.5, 0.6) is 5.75 Å². The van der Waals surface area contributed by atoms with Crippen LogP contribution < -0.4 is 5.32 Å². The molecular weight excluding hydrogens is 284 g/mol. The molecule has 0 saturated heterocycles. The van der Waals surface area contributed by atoms with E-state index in [0.717, 1.165) is 16.9 Å². The zero-order valence-corrected chi connectivity index (χ0v) is 12.1. The first-order valence-electron chi connectivity index (χ1n) is 6.67. The van der Waals surface area contributed by atoms with Crippen molar-refractivity contribution in [3.05, 3.63) is 77.6 Å². The molecule has 2 aromatic carbocycles. The quantitative estimate of drug-likeness (QED) is 0.747. The fraction of sp³-hybridized carbons (Fsp3) is 0.0588. The largest absolute Gasteiger partial charge is 0.506 e. The molecule has 0 fully saturated rings. The molecule has 3 rings (SSSR count). The van der Waals surface area contributed by atoms with E-state index in [-0.39, 0.29) is 5.75 Å². The Kier molecular flexibility index (Phi) is 3.84. The highest BCUT2D eigenvalue weighted by Crippen LogP contribution is 2.24. The lowest BCUT2D eigenvalue weighted by Crippen LogP contribution is -2.00. The highest BCUT2D eigenvalue weighted by Gasteiger charge is 2.01. The van der Waals surface area contributed by atoms with Gasteiger partial charge in [0.15, 0.2) is 0 Å². The Labute approximate surface area is 128 Å². The summed E-state index contributed by atoms with van der Waals surface area (Å²) in [4.78, 5) is 0. The first-order chi connectivity index (χ1) is 10.2. The lowest BCUT2D eigenvalue weighted by molar-refractivity contribution is 0.475. The van der Waals surface area contributed by atoms with Gasteiger partial charge in [0.1, 0.15) is 5.75 Å². The molecule has 0 radical (unpaired) electrons. The van der Waals surface area contributed by atoms with Crippen molar-refractivity contribution in [1.29, 1.82) is 0 Å². The molecule has 0 saturated carbocycles. The molecule has 0 bridgehead atoms. The Hall–Kier alpha value is -2.39. The lowest BCUT2D eigenvalue weighted by atomic mass is 10.2. The minimum absolute atomic E-state index is 0.107. The van der Waals surface area contributed by atoms with Crippen molar-refractivity contribution in [3.63, 3.8) is 0 Å². The van der Waals surface area contributed by atoms with Gasteiger partial charge < -0.3 is 15.0 Å². The maximum absolute atomic E-state index is 9.42. The smallest absolute Gasteiger partial charge is 0.134 e. The number of hydrogen-bond donors (Lipinski definition) is 2. The highest BCUT2D eigenvalue weighted by molar-refractivity contribution is 6.32. The number of nitrogens with one attached hydrogen (secondary N) is 1. The highest BCUT2D eigenvalue weighted by atomic mass is 35.5. The van der Waals surface area contributed by atoms with Crippen LogP contribution in [0, 0.1) is 0 Å². The van der Waals surface area contributed by atoms with Crippen molar-refractivity contribution in [2.45, 2.75) is 6.54 Å². The predicted molar refractivity (Wildman–Crippen MR) is 86.2 cm³/mol. The second-order valence-corrected chi connectivity index (χ2v) is 5.19. The van der Waals surface area contributed by atoms with Crippen LogP contribution in [-0.2, 0) is 6.54 Å². The molecule has 0 unspecified atom stereocenters. The summed E-state index contributed by atoms with van der Waals surface area (Å²) in [5, 5.41) is 13.1. The molecule has 4 heteroatoms. The third kappa shape index (κ3) is 3.20. The normalized spacial score (nSPS) is 10.5. The van der Waals surface area contributed by atoms with Gasteiger partial charge in [-0.2, -0.15) is 0 Å². The van der Waals surface area contributed by atoms with Gasteiger partial charge in [-0.25, -0.2) is 0 Å². The van der Waals surface area contributed by atoms with E-state index in [0.29, 0.717) is 11.6 Å². The monoisotopic (exact) mass is 298 g/mol. The minimum Gasteiger partial charge on any atom is -0.506 e. The molecule has 0 aliphatic rings. The average Bonchev–Trinajstić information content (AvgIpc) is 3.03. The Morgan fingerprint density at radius 2 is 1.81 bits per heavy atom. The van der Waals surface area contributed by atoms with Crippen LogP contribution in [0.4, 0.5) is 5.69 Å². The molecule has 3 aromatic rings. The molecule has 0 spiro atoms. The van der Waals surface area contributed by atoms with E-state index >= 15 is 0 Å². The summed E-state index contributed by atoms with van der Waals surface area (Å²) < 4.78 is 2.06. The maximum atomic E-state index is 9.42. The molecule has 0 aliphatic heterocycles. The van der Waals surface area contributed by atoms with Gasteiger partial charge in [-0.05, 0) is 48.0 Å². The fourth-order valence-corrected chi connectivity index (χ4v) is 2.35. The zero-order chi connectivity index (χ0) is 14.7. The van der Waals surface area contributed by atoms with Crippen molar-refractivity contribution in [2.75, 3.05) is 5.32 Å². The van der Waals surface area contributed by atoms with Gasteiger partial charge in [0.05, 0.1) is 5.02 Å². The van der Waals surface area contributed by atoms with E-state index in [9.17, 15) is 5.11 Å². The molecular formula is C17H15ClN2O. The van der Waals surface area contributed by atoms with Gasteiger partial charge >= 0.3 is 0 Å². The van der Waals surface area contributed by atoms with E-state index in [1.54, 1.807) is 12.1 Å².